The van der Waals surface area contributed by atoms with Crippen LogP contribution in [0.4, 0.5) is 0 Å². The number of methoxy groups -OCH3 is 3. The van der Waals surface area contributed by atoms with E-state index in [9.17, 15) is 4.79 Å². The molecule has 0 fully saturated rings. The van der Waals surface area contributed by atoms with Gasteiger partial charge in [-0.3, -0.25) is 4.79 Å². The van der Waals surface area contributed by atoms with Crippen LogP contribution in [0.5, 0.6) is 17.2 Å². The van der Waals surface area contributed by atoms with Crippen molar-refractivity contribution in [3.8, 4) is 22.4 Å². The number of carbonyl (C=O) groups is 1. The molecule has 0 atom stereocenters. The van der Waals surface area contributed by atoms with Crippen molar-refractivity contribution < 1.29 is 19.0 Å². The van der Waals surface area contributed by atoms with Gasteiger partial charge in [0.2, 0.25) is 5.75 Å². The third-order valence-electron chi connectivity index (χ3n) is 3.73. The maximum atomic E-state index is 12.4. The van der Waals surface area contributed by atoms with Crippen LogP contribution < -0.4 is 19.5 Å². The first-order chi connectivity index (χ1) is 12.7. The van der Waals surface area contributed by atoms with Crippen molar-refractivity contribution in [3.63, 3.8) is 0 Å². The Labute approximate surface area is 155 Å². The van der Waals surface area contributed by atoms with Crippen molar-refractivity contribution in [2.45, 2.75) is 6.54 Å². The molecule has 136 valence electrons. The van der Waals surface area contributed by atoms with Crippen LogP contribution in [0.1, 0.15) is 16.1 Å². The number of hydrogen-bond donors (Lipinski definition) is 1. The molecule has 26 heavy (non-hydrogen) atoms. The van der Waals surface area contributed by atoms with Crippen molar-refractivity contribution in [1.82, 2.24) is 14.9 Å². The summed E-state index contributed by atoms with van der Waals surface area (Å²) >= 11 is 1.41. The van der Waals surface area contributed by atoms with Crippen molar-refractivity contribution >= 4 is 17.2 Å². The van der Waals surface area contributed by atoms with Gasteiger partial charge >= 0.3 is 0 Å². The highest BCUT2D eigenvalue weighted by atomic mass is 32.1. The molecule has 2 aromatic heterocycles. The van der Waals surface area contributed by atoms with E-state index in [0.717, 1.165) is 10.7 Å². The molecule has 0 spiro atoms. The van der Waals surface area contributed by atoms with Gasteiger partial charge in [-0.2, -0.15) is 0 Å². The van der Waals surface area contributed by atoms with Gasteiger partial charge in [0.25, 0.3) is 5.91 Å². The van der Waals surface area contributed by atoms with Gasteiger partial charge in [-0.25, -0.2) is 4.98 Å². The smallest absolute Gasteiger partial charge is 0.271 e. The second-order valence-corrected chi connectivity index (χ2v) is 6.16. The van der Waals surface area contributed by atoms with E-state index in [1.807, 2.05) is 29.1 Å². The molecular weight excluding hydrogens is 354 g/mol. The Morgan fingerprint density at radius 3 is 2.35 bits per heavy atom. The molecule has 0 saturated carbocycles. The molecule has 0 unspecified atom stereocenters. The summed E-state index contributed by atoms with van der Waals surface area (Å²) in [6, 6.07) is 7.42. The molecule has 3 rings (SSSR count). The normalized spacial score (nSPS) is 10.4. The largest absolute Gasteiger partial charge is 0.493 e. The first kappa shape index (κ1) is 17.8. The highest BCUT2D eigenvalue weighted by Gasteiger charge is 2.15. The number of rotatable bonds is 7. The Bertz CT molecular complexity index is 865. The van der Waals surface area contributed by atoms with E-state index >= 15 is 0 Å². The average Bonchev–Trinajstić information content (AvgIpc) is 3.36. The molecule has 0 bridgehead atoms. The maximum Gasteiger partial charge on any atom is 0.271 e. The topological polar surface area (TPSA) is 74.6 Å². The number of nitrogens with one attached hydrogen (secondary N) is 1. The third kappa shape index (κ3) is 3.65. The van der Waals surface area contributed by atoms with Gasteiger partial charge in [0.1, 0.15) is 5.69 Å². The van der Waals surface area contributed by atoms with Crippen LogP contribution in [-0.4, -0.2) is 36.8 Å². The van der Waals surface area contributed by atoms with E-state index in [2.05, 4.69) is 10.3 Å². The summed E-state index contributed by atoms with van der Waals surface area (Å²) < 4.78 is 17.8. The van der Waals surface area contributed by atoms with E-state index < -0.39 is 0 Å². The van der Waals surface area contributed by atoms with Gasteiger partial charge in [-0.05, 0) is 29.8 Å². The number of ether oxygens (including phenoxy) is 3. The van der Waals surface area contributed by atoms with E-state index in [1.165, 1.54) is 11.3 Å². The van der Waals surface area contributed by atoms with Crippen molar-refractivity contribution in [3.05, 3.63) is 53.3 Å². The van der Waals surface area contributed by atoms with Gasteiger partial charge in [0.15, 0.2) is 16.6 Å². The van der Waals surface area contributed by atoms with E-state index in [0.29, 0.717) is 29.5 Å². The van der Waals surface area contributed by atoms with Gasteiger partial charge < -0.3 is 24.1 Å². The monoisotopic (exact) mass is 373 g/mol. The van der Waals surface area contributed by atoms with Crippen LogP contribution in [-0.2, 0) is 6.54 Å². The zero-order valence-electron chi connectivity index (χ0n) is 14.7. The fourth-order valence-corrected chi connectivity index (χ4v) is 3.23. The van der Waals surface area contributed by atoms with Crippen LogP contribution in [0.15, 0.2) is 42.0 Å². The summed E-state index contributed by atoms with van der Waals surface area (Å²) in [5.74, 6) is 1.36. The minimum absolute atomic E-state index is 0.242. The fraction of sp³-hybridized carbons (Fsp3) is 0.222. The molecule has 0 aliphatic carbocycles. The Morgan fingerprint density at radius 1 is 1.12 bits per heavy atom. The molecule has 0 aliphatic rings. The highest BCUT2D eigenvalue weighted by Crippen LogP contribution is 2.38. The summed E-state index contributed by atoms with van der Waals surface area (Å²) in [6.45, 7) is 0.311. The summed E-state index contributed by atoms with van der Waals surface area (Å²) in [7, 11) is 4.65. The summed E-state index contributed by atoms with van der Waals surface area (Å²) in [4.78, 5) is 16.7. The Hall–Kier alpha value is -3.00. The molecule has 1 N–H and O–H groups in total. The second-order valence-electron chi connectivity index (χ2n) is 5.32. The molecular formula is C18H19N3O4S. The Kier molecular flexibility index (Phi) is 5.43. The SMILES string of the molecule is COc1cc(CNC(=O)c2csc(-n3cccc3)n2)cc(OC)c1OC. The number of carbonyl (C=O) groups excluding carboxylic acids is 1. The number of nitrogens with zero attached hydrogens (tertiary/aromatic N) is 2. The highest BCUT2D eigenvalue weighted by molar-refractivity contribution is 7.12. The molecule has 0 saturated heterocycles. The van der Waals surface area contributed by atoms with Crippen LogP contribution >= 0.6 is 11.3 Å². The average molecular weight is 373 g/mol. The standard InChI is InChI=1S/C18H19N3O4S/c1-23-14-8-12(9-15(24-2)16(14)25-3)10-19-17(22)13-11-26-18(20-13)21-6-4-5-7-21/h4-9,11H,10H2,1-3H3,(H,19,22). The molecule has 8 heteroatoms. The summed E-state index contributed by atoms with van der Waals surface area (Å²) in [5.41, 5.74) is 1.21. The van der Waals surface area contributed by atoms with Crippen molar-refractivity contribution in [2.75, 3.05) is 21.3 Å². The molecule has 7 nitrogen and oxygen atoms in total. The van der Waals surface area contributed by atoms with Gasteiger partial charge in [-0.15, -0.1) is 11.3 Å². The third-order valence-corrected chi connectivity index (χ3v) is 4.58. The molecule has 0 radical (unpaired) electrons. The van der Waals surface area contributed by atoms with E-state index in [4.69, 9.17) is 14.2 Å². The van der Waals surface area contributed by atoms with Crippen LogP contribution in [0.3, 0.4) is 0 Å². The number of thiazole rings is 1. The summed E-state index contributed by atoms with van der Waals surface area (Å²) in [5, 5.41) is 5.34. The van der Waals surface area contributed by atoms with E-state index in [-0.39, 0.29) is 5.91 Å². The van der Waals surface area contributed by atoms with Gasteiger partial charge in [-0.1, -0.05) is 0 Å². The van der Waals surface area contributed by atoms with Crippen molar-refractivity contribution in [1.29, 1.82) is 0 Å². The first-order valence-corrected chi connectivity index (χ1v) is 8.70. The lowest BCUT2D eigenvalue weighted by atomic mass is 10.1. The first-order valence-electron chi connectivity index (χ1n) is 7.82. The number of benzene rings is 1. The fourth-order valence-electron chi connectivity index (χ4n) is 2.46. The predicted octanol–water partition coefficient (Wildman–Crippen LogP) is 2.89. The van der Waals surface area contributed by atoms with Crippen LogP contribution in [0.25, 0.3) is 5.13 Å². The minimum atomic E-state index is -0.242. The zero-order valence-corrected chi connectivity index (χ0v) is 15.5. The lowest BCUT2D eigenvalue weighted by Gasteiger charge is -2.14. The van der Waals surface area contributed by atoms with Crippen molar-refractivity contribution in [2.24, 2.45) is 0 Å². The molecule has 1 amide bonds. The molecule has 0 aliphatic heterocycles. The molecule has 3 aromatic rings. The number of aromatic nitrogens is 2. The second kappa shape index (κ2) is 7.92. The minimum Gasteiger partial charge on any atom is -0.493 e. The van der Waals surface area contributed by atoms with Gasteiger partial charge in [0.05, 0.1) is 21.3 Å². The van der Waals surface area contributed by atoms with Crippen LogP contribution in [0.2, 0.25) is 0 Å². The Balaban J connectivity index is 1.71. The molecule has 2 heterocycles. The zero-order chi connectivity index (χ0) is 18.5. The predicted molar refractivity (Wildman–Crippen MR) is 98.7 cm³/mol. The molecule has 1 aromatic carbocycles. The number of hydrogen-bond acceptors (Lipinski definition) is 6. The number of amides is 1. The summed E-state index contributed by atoms with van der Waals surface area (Å²) in [6.07, 6.45) is 3.77. The maximum absolute atomic E-state index is 12.4. The van der Waals surface area contributed by atoms with E-state index in [1.54, 1.807) is 38.8 Å². The van der Waals surface area contributed by atoms with Crippen LogP contribution in [0, 0.1) is 0 Å². The quantitative estimate of drug-likeness (QED) is 0.689. The Morgan fingerprint density at radius 2 is 1.77 bits per heavy atom. The lowest BCUT2D eigenvalue weighted by Crippen LogP contribution is -2.23. The lowest BCUT2D eigenvalue weighted by molar-refractivity contribution is 0.0946. The van der Waals surface area contributed by atoms with Gasteiger partial charge in [0, 0.05) is 24.3 Å².